The third-order valence-corrected chi connectivity index (χ3v) is 5.51. The Balaban J connectivity index is 1.71. The van der Waals surface area contributed by atoms with Gasteiger partial charge in [0.15, 0.2) is 0 Å². The molecule has 2 aromatic carbocycles. The van der Waals surface area contributed by atoms with Crippen LogP contribution in [-0.4, -0.2) is 7.05 Å². The summed E-state index contributed by atoms with van der Waals surface area (Å²) in [4.78, 5) is 2.26. The van der Waals surface area contributed by atoms with Gasteiger partial charge in [-0.25, -0.2) is 0 Å². The Morgan fingerprint density at radius 3 is 1.83 bits per heavy atom. The largest absolute Gasteiger partial charge is 0.345 e. The van der Waals surface area contributed by atoms with Gasteiger partial charge in [0.1, 0.15) is 0 Å². The lowest BCUT2D eigenvalue weighted by atomic mass is 9.71. The van der Waals surface area contributed by atoms with E-state index in [1.807, 2.05) is 0 Å². The van der Waals surface area contributed by atoms with Crippen LogP contribution in [0.4, 0.5) is 11.4 Å². The van der Waals surface area contributed by atoms with Gasteiger partial charge in [0.25, 0.3) is 0 Å². The summed E-state index contributed by atoms with van der Waals surface area (Å²) in [5, 5.41) is 0. The summed E-state index contributed by atoms with van der Waals surface area (Å²) >= 11 is 0. The van der Waals surface area contributed by atoms with Crippen LogP contribution in [0, 0.1) is 12.3 Å². The Kier molecular flexibility index (Phi) is 4.48. The maximum Gasteiger partial charge on any atom is 0.0408 e. The van der Waals surface area contributed by atoms with Gasteiger partial charge >= 0.3 is 0 Å². The summed E-state index contributed by atoms with van der Waals surface area (Å²) < 4.78 is 0. The third kappa shape index (κ3) is 3.77. The Bertz CT molecular complexity index is 627. The van der Waals surface area contributed by atoms with Crippen LogP contribution < -0.4 is 4.90 Å². The van der Waals surface area contributed by atoms with Crippen molar-refractivity contribution >= 4 is 11.4 Å². The van der Waals surface area contributed by atoms with Gasteiger partial charge < -0.3 is 4.90 Å². The molecule has 1 aliphatic rings. The van der Waals surface area contributed by atoms with Gasteiger partial charge in [-0.2, -0.15) is 0 Å². The summed E-state index contributed by atoms with van der Waals surface area (Å²) in [5.41, 5.74) is 5.86. The van der Waals surface area contributed by atoms with E-state index in [9.17, 15) is 0 Å². The van der Waals surface area contributed by atoms with Crippen LogP contribution >= 0.6 is 0 Å². The van der Waals surface area contributed by atoms with Crippen LogP contribution in [0.15, 0.2) is 48.5 Å². The molecule has 1 nitrogen and oxygen atoms in total. The lowest BCUT2D eigenvalue weighted by molar-refractivity contribution is 0.224. The number of hydrogen-bond donors (Lipinski definition) is 0. The highest BCUT2D eigenvalue weighted by atomic mass is 15.1. The highest BCUT2D eigenvalue weighted by Gasteiger charge is 2.27. The first-order chi connectivity index (χ1) is 10.9. The molecule has 1 fully saturated rings. The zero-order chi connectivity index (χ0) is 16.4. The summed E-state index contributed by atoms with van der Waals surface area (Å²) in [6.45, 7) is 6.94. The molecular weight excluding hydrogens is 278 g/mol. The van der Waals surface area contributed by atoms with Crippen molar-refractivity contribution in [3.63, 3.8) is 0 Å². The molecule has 23 heavy (non-hydrogen) atoms. The van der Waals surface area contributed by atoms with Gasteiger partial charge in [0.05, 0.1) is 0 Å². The van der Waals surface area contributed by atoms with Crippen molar-refractivity contribution in [2.45, 2.75) is 52.4 Å². The second-order valence-corrected chi connectivity index (χ2v) is 7.92. The van der Waals surface area contributed by atoms with Crippen LogP contribution in [0.1, 0.15) is 56.6 Å². The van der Waals surface area contributed by atoms with Gasteiger partial charge in [-0.05, 0) is 73.8 Å². The van der Waals surface area contributed by atoms with E-state index in [-0.39, 0.29) is 0 Å². The Morgan fingerprint density at radius 2 is 1.30 bits per heavy atom. The summed E-state index contributed by atoms with van der Waals surface area (Å²) in [6.07, 6.45) is 5.37. The molecule has 0 aromatic heterocycles. The highest BCUT2D eigenvalue weighted by molar-refractivity contribution is 5.62. The monoisotopic (exact) mass is 307 g/mol. The number of benzene rings is 2. The van der Waals surface area contributed by atoms with Crippen LogP contribution in [0.2, 0.25) is 0 Å². The fourth-order valence-electron chi connectivity index (χ4n) is 3.62. The molecule has 0 bridgehead atoms. The lowest BCUT2D eigenvalue weighted by Crippen LogP contribution is -2.20. The normalized spacial score (nSPS) is 17.9. The number of anilines is 2. The van der Waals surface area contributed by atoms with Crippen molar-refractivity contribution in [3.8, 4) is 0 Å². The van der Waals surface area contributed by atoms with Crippen LogP contribution in [0.25, 0.3) is 0 Å². The van der Waals surface area contributed by atoms with E-state index in [1.165, 1.54) is 48.2 Å². The van der Waals surface area contributed by atoms with Gasteiger partial charge in [-0.3, -0.25) is 0 Å². The first kappa shape index (κ1) is 16.1. The van der Waals surface area contributed by atoms with Crippen molar-refractivity contribution < 1.29 is 0 Å². The molecule has 1 heteroatoms. The summed E-state index contributed by atoms with van der Waals surface area (Å²) in [7, 11) is 2.14. The van der Waals surface area contributed by atoms with Crippen molar-refractivity contribution in [2.24, 2.45) is 5.41 Å². The standard InChI is InChI=1S/C22H29N/c1-17-5-9-20(10-6-17)23(4)21-11-7-18(8-12-21)19-13-15-22(2,3)16-14-19/h5-12,19H,13-16H2,1-4H3. The summed E-state index contributed by atoms with van der Waals surface area (Å²) in [6, 6.07) is 17.9. The topological polar surface area (TPSA) is 3.24 Å². The second-order valence-electron chi connectivity index (χ2n) is 7.92. The first-order valence-electron chi connectivity index (χ1n) is 8.85. The fraction of sp³-hybridized carbons (Fsp3) is 0.455. The maximum atomic E-state index is 2.41. The molecule has 3 rings (SSSR count). The quantitative estimate of drug-likeness (QED) is 0.630. The number of hydrogen-bond acceptors (Lipinski definition) is 1. The molecule has 2 aromatic rings. The molecule has 0 spiro atoms. The van der Waals surface area contributed by atoms with Gasteiger partial charge in [0, 0.05) is 18.4 Å². The van der Waals surface area contributed by atoms with E-state index in [0.717, 1.165) is 5.92 Å². The van der Waals surface area contributed by atoms with Crippen molar-refractivity contribution in [3.05, 3.63) is 59.7 Å². The average Bonchev–Trinajstić information content (AvgIpc) is 2.55. The SMILES string of the molecule is Cc1ccc(N(C)c2ccc(C3CCC(C)(C)CC3)cc2)cc1. The predicted molar refractivity (Wildman–Crippen MR) is 101 cm³/mol. The molecule has 0 saturated heterocycles. The smallest absolute Gasteiger partial charge is 0.0408 e. The Labute approximate surface area is 141 Å². The zero-order valence-electron chi connectivity index (χ0n) is 15.0. The molecule has 122 valence electrons. The molecule has 1 saturated carbocycles. The molecule has 0 heterocycles. The lowest BCUT2D eigenvalue weighted by Gasteiger charge is -2.34. The van der Waals surface area contributed by atoms with Gasteiger partial charge in [-0.15, -0.1) is 0 Å². The number of aryl methyl sites for hydroxylation is 1. The van der Waals surface area contributed by atoms with E-state index in [2.05, 4.69) is 81.2 Å². The van der Waals surface area contributed by atoms with Gasteiger partial charge in [0.2, 0.25) is 0 Å². The number of nitrogens with zero attached hydrogens (tertiary/aromatic N) is 1. The first-order valence-corrected chi connectivity index (χ1v) is 8.85. The molecule has 0 amide bonds. The average molecular weight is 307 g/mol. The Morgan fingerprint density at radius 1 is 0.826 bits per heavy atom. The van der Waals surface area contributed by atoms with E-state index < -0.39 is 0 Å². The molecule has 0 radical (unpaired) electrons. The van der Waals surface area contributed by atoms with Crippen molar-refractivity contribution in [1.29, 1.82) is 0 Å². The minimum Gasteiger partial charge on any atom is -0.345 e. The van der Waals surface area contributed by atoms with Gasteiger partial charge in [-0.1, -0.05) is 43.7 Å². The highest BCUT2D eigenvalue weighted by Crippen LogP contribution is 2.42. The third-order valence-electron chi connectivity index (χ3n) is 5.51. The molecule has 0 atom stereocenters. The number of rotatable bonds is 3. The van der Waals surface area contributed by atoms with E-state index in [4.69, 9.17) is 0 Å². The summed E-state index contributed by atoms with van der Waals surface area (Å²) in [5.74, 6) is 0.752. The maximum absolute atomic E-state index is 2.41. The zero-order valence-corrected chi connectivity index (χ0v) is 15.0. The second kappa shape index (κ2) is 6.39. The van der Waals surface area contributed by atoms with Crippen LogP contribution in [0.5, 0.6) is 0 Å². The molecule has 1 aliphatic carbocycles. The predicted octanol–water partition coefficient (Wildman–Crippen LogP) is 6.45. The van der Waals surface area contributed by atoms with Crippen LogP contribution in [0.3, 0.4) is 0 Å². The van der Waals surface area contributed by atoms with Crippen molar-refractivity contribution in [1.82, 2.24) is 0 Å². The molecular formula is C22H29N. The molecule has 0 unspecified atom stereocenters. The van der Waals surface area contributed by atoms with E-state index in [1.54, 1.807) is 0 Å². The van der Waals surface area contributed by atoms with E-state index in [0.29, 0.717) is 5.41 Å². The molecule has 0 aliphatic heterocycles. The fourth-order valence-corrected chi connectivity index (χ4v) is 3.62. The van der Waals surface area contributed by atoms with E-state index >= 15 is 0 Å². The van der Waals surface area contributed by atoms with Crippen LogP contribution in [-0.2, 0) is 0 Å². The van der Waals surface area contributed by atoms with Crippen molar-refractivity contribution in [2.75, 3.05) is 11.9 Å². The minimum atomic E-state index is 0.544. The minimum absolute atomic E-state index is 0.544. The molecule has 0 N–H and O–H groups in total. The Hall–Kier alpha value is -1.76.